The molecule has 0 saturated heterocycles. The normalized spacial score (nSPS) is 10.0. The van der Waals surface area contributed by atoms with Gasteiger partial charge in [0.05, 0.1) is 6.61 Å². The Morgan fingerprint density at radius 2 is 2.06 bits per heavy atom. The first-order valence-electron chi connectivity index (χ1n) is 6.37. The number of carbonyl (C=O) groups is 1. The van der Waals surface area contributed by atoms with Crippen LogP contribution in [0.4, 0.5) is 0 Å². The van der Waals surface area contributed by atoms with Gasteiger partial charge in [0.2, 0.25) is 5.91 Å². The summed E-state index contributed by atoms with van der Waals surface area (Å²) in [5, 5.41) is 0. The summed E-state index contributed by atoms with van der Waals surface area (Å²) in [7, 11) is 0. The molecule has 1 aromatic carbocycles. The minimum Gasteiger partial charge on any atom is -0.494 e. The number of amides is 1. The quantitative estimate of drug-likeness (QED) is 0.537. The topological polar surface area (TPSA) is 52.3 Å². The Kier molecular flexibility index (Phi) is 6.62. The van der Waals surface area contributed by atoms with E-state index < -0.39 is 5.91 Å². The van der Waals surface area contributed by atoms with Crippen molar-refractivity contribution in [2.75, 3.05) is 6.61 Å². The fourth-order valence-corrected chi connectivity index (χ4v) is 1.67. The summed E-state index contributed by atoms with van der Waals surface area (Å²) in [5.74, 6) is 0.280. The molecule has 1 amide bonds. The summed E-state index contributed by atoms with van der Waals surface area (Å²) in [6.07, 6.45) is 7.62. The van der Waals surface area contributed by atoms with Gasteiger partial charge in [0.1, 0.15) is 5.75 Å². The highest BCUT2D eigenvalue weighted by molar-refractivity contribution is 5.93. The maximum Gasteiger partial charge on any atom is 0.248 e. The van der Waals surface area contributed by atoms with Crippen LogP contribution in [0.2, 0.25) is 0 Å². The maximum atomic E-state index is 11.0. The lowest BCUT2D eigenvalue weighted by atomic mass is 10.1. The number of unbranched alkanes of at least 4 members (excludes halogenated alkanes) is 4. The van der Waals surface area contributed by atoms with Crippen molar-refractivity contribution < 1.29 is 9.53 Å². The zero-order valence-electron chi connectivity index (χ0n) is 10.7. The van der Waals surface area contributed by atoms with Gasteiger partial charge in [0.25, 0.3) is 0 Å². The second-order valence-corrected chi connectivity index (χ2v) is 4.23. The predicted octanol–water partition coefficient (Wildman–Crippen LogP) is 3.30. The molecule has 1 rings (SSSR count). The van der Waals surface area contributed by atoms with Crippen molar-refractivity contribution >= 4 is 5.91 Å². The molecule has 0 radical (unpaired) electrons. The van der Waals surface area contributed by atoms with Crippen LogP contribution >= 0.6 is 0 Å². The number of primary amides is 1. The molecule has 0 aliphatic heterocycles. The molecule has 98 valence electrons. The van der Waals surface area contributed by atoms with E-state index in [0.717, 1.165) is 19.3 Å². The first-order chi connectivity index (χ1) is 8.74. The third kappa shape index (κ3) is 5.53. The smallest absolute Gasteiger partial charge is 0.248 e. The van der Waals surface area contributed by atoms with Crippen molar-refractivity contribution in [3.05, 3.63) is 42.5 Å². The molecule has 0 heterocycles. The second-order valence-electron chi connectivity index (χ2n) is 4.23. The predicted molar refractivity (Wildman–Crippen MR) is 73.7 cm³/mol. The Morgan fingerprint density at radius 1 is 1.28 bits per heavy atom. The molecule has 0 aromatic heterocycles. The van der Waals surface area contributed by atoms with E-state index in [1.165, 1.54) is 12.8 Å². The van der Waals surface area contributed by atoms with E-state index >= 15 is 0 Å². The standard InChI is InChI=1S/C15H21NO2/c1-2-3-4-5-6-7-11-18-14-10-8-9-13(12-14)15(16)17/h2,8-10,12H,1,3-7,11H2,(H2,16,17). The monoisotopic (exact) mass is 247 g/mol. The number of ether oxygens (including phenoxy) is 1. The minimum atomic E-state index is -0.426. The molecule has 0 unspecified atom stereocenters. The molecular weight excluding hydrogens is 226 g/mol. The summed E-state index contributed by atoms with van der Waals surface area (Å²) < 4.78 is 5.58. The van der Waals surface area contributed by atoms with Crippen molar-refractivity contribution in [2.24, 2.45) is 5.73 Å². The summed E-state index contributed by atoms with van der Waals surface area (Å²) in [6, 6.07) is 6.98. The fraction of sp³-hybridized carbons (Fsp3) is 0.400. The SMILES string of the molecule is C=CCCCCCCOc1cccc(C(N)=O)c1. The molecule has 0 aliphatic rings. The van der Waals surface area contributed by atoms with Gasteiger partial charge in [-0.1, -0.05) is 25.0 Å². The summed E-state index contributed by atoms with van der Waals surface area (Å²) in [4.78, 5) is 11.0. The Morgan fingerprint density at radius 3 is 2.78 bits per heavy atom. The van der Waals surface area contributed by atoms with Gasteiger partial charge in [0.15, 0.2) is 0 Å². The summed E-state index contributed by atoms with van der Waals surface area (Å²) in [6.45, 7) is 4.37. The Balaban J connectivity index is 2.21. The minimum absolute atomic E-state index is 0.426. The highest BCUT2D eigenvalue weighted by Gasteiger charge is 2.01. The number of benzene rings is 1. The number of hydrogen-bond donors (Lipinski definition) is 1. The first kappa shape index (κ1) is 14.3. The average Bonchev–Trinajstić information content (AvgIpc) is 2.38. The van der Waals surface area contributed by atoms with Gasteiger partial charge in [-0.25, -0.2) is 0 Å². The third-order valence-electron chi connectivity index (χ3n) is 2.69. The van der Waals surface area contributed by atoms with E-state index in [1.54, 1.807) is 18.2 Å². The van der Waals surface area contributed by atoms with Gasteiger partial charge in [-0.15, -0.1) is 6.58 Å². The van der Waals surface area contributed by atoms with Crippen LogP contribution < -0.4 is 10.5 Å². The zero-order chi connectivity index (χ0) is 13.2. The van der Waals surface area contributed by atoms with Crippen LogP contribution in [0.25, 0.3) is 0 Å². The maximum absolute atomic E-state index is 11.0. The highest BCUT2D eigenvalue weighted by Crippen LogP contribution is 2.13. The van der Waals surface area contributed by atoms with Crippen LogP contribution in [0.5, 0.6) is 5.75 Å². The van der Waals surface area contributed by atoms with Crippen LogP contribution in [0.1, 0.15) is 42.5 Å². The largest absolute Gasteiger partial charge is 0.494 e. The van der Waals surface area contributed by atoms with Crippen LogP contribution in [-0.2, 0) is 0 Å². The molecule has 0 aliphatic carbocycles. The van der Waals surface area contributed by atoms with Gasteiger partial charge >= 0.3 is 0 Å². The van der Waals surface area contributed by atoms with E-state index in [0.29, 0.717) is 17.9 Å². The molecule has 18 heavy (non-hydrogen) atoms. The van der Waals surface area contributed by atoms with Crippen molar-refractivity contribution in [3.63, 3.8) is 0 Å². The van der Waals surface area contributed by atoms with Gasteiger partial charge in [0, 0.05) is 5.56 Å². The number of hydrogen-bond acceptors (Lipinski definition) is 2. The lowest BCUT2D eigenvalue weighted by Crippen LogP contribution is -2.10. The molecule has 0 atom stereocenters. The second kappa shape index (κ2) is 8.34. The van der Waals surface area contributed by atoms with E-state index in [-0.39, 0.29) is 0 Å². The molecule has 3 nitrogen and oxygen atoms in total. The molecule has 2 N–H and O–H groups in total. The number of allylic oxidation sites excluding steroid dienone is 1. The summed E-state index contributed by atoms with van der Waals surface area (Å²) in [5.41, 5.74) is 5.69. The average molecular weight is 247 g/mol. The van der Waals surface area contributed by atoms with Crippen LogP contribution in [0.15, 0.2) is 36.9 Å². The van der Waals surface area contributed by atoms with Gasteiger partial charge in [-0.2, -0.15) is 0 Å². The van der Waals surface area contributed by atoms with E-state index in [1.807, 2.05) is 12.1 Å². The van der Waals surface area contributed by atoms with Crippen molar-refractivity contribution in [1.29, 1.82) is 0 Å². The fourth-order valence-electron chi connectivity index (χ4n) is 1.67. The molecule has 3 heteroatoms. The highest BCUT2D eigenvalue weighted by atomic mass is 16.5. The van der Waals surface area contributed by atoms with Crippen LogP contribution in [0.3, 0.4) is 0 Å². The first-order valence-corrected chi connectivity index (χ1v) is 6.37. The molecule has 0 fully saturated rings. The Bertz CT molecular complexity index is 388. The van der Waals surface area contributed by atoms with Gasteiger partial charge in [-0.05, 0) is 37.5 Å². The van der Waals surface area contributed by atoms with E-state index in [4.69, 9.17) is 10.5 Å². The molecule has 0 bridgehead atoms. The third-order valence-corrected chi connectivity index (χ3v) is 2.69. The van der Waals surface area contributed by atoms with Crippen LogP contribution in [-0.4, -0.2) is 12.5 Å². The number of nitrogens with two attached hydrogens (primary N) is 1. The molecular formula is C15H21NO2. The summed E-state index contributed by atoms with van der Waals surface area (Å²) >= 11 is 0. The number of carbonyl (C=O) groups excluding carboxylic acids is 1. The van der Waals surface area contributed by atoms with Crippen molar-refractivity contribution in [2.45, 2.75) is 32.1 Å². The van der Waals surface area contributed by atoms with E-state index in [9.17, 15) is 4.79 Å². The zero-order valence-corrected chi connectivity index (χ0v) is 10.7. The Labute approximate surface area is 109 Å². The van der Waals surface area contributed by atoms with Crippen molar-refractivity contribution in [3.8, 4) is 5.75 Å². The molecule has 0 saturated carbocycles. The molecule has 0 spiro atoms. The van der Waals surface area contributed by atoms with Crippen molar-refractivity contribution in [1.82, 2.24) is 0 Å². The lowest BCUT2D eigenvalue weighted by Gasteiger charge is -2.06. The number of rotatable bonds is 9. The Hall–Kier alpha value is -1.77. The van der Waals surface area contributed by atoms with Crippen LogP contribution in [0, 0.1) is 0 Å². The van der Waals surface area contributed by atoms with E-state index in [2.05, 4.69) is 6.58 Å². The van der Waals surface area contributed by atoms with Gasteiger partial charge < -0.3 is 10.5 Å². The van der Waals surface area contributed by atoms with Gasteiger partial charge in [-0.3, -0.25) is 4.79 Å². The molecule has 1 aromatic rings. The lowest BCUT2D eigenvalue weighted by molar-refractivity contribution is 0.1000.